The summed E-state index contributed by atoms with van der Waals surface area (Å²) in [6.45, 7) is 4.83. The molecule has 2 heterocycles. The lowest BCUT2D eigenvalue weighted by atomic mass is 10.2. The quantitative estimate of drug-likeness (QED) is 0.723. The number of nitriles is 1. The first-order chi connectivity index (χ1) is 15.2. The van der Waals surface area contributed by atoms with Crippen LogP contribution in [-0.4, -0.2) is 72.3 Å². The highest BCUT2D eigenvalue weighted by Crippen LogP contribution is 2.33. The van der Waals surface area contributed by atoms with Crippen LogP contribution < -0.4 is 0 Å². The van der Waals surface area contributed by atoms with Gasteiger partial charge in [-0.3, -0.25) is 14.5 Å². The van der Waals surface area contributed by atoms with Crippen molar-refractivity contribution in [3.05, 3.63) is 59.7 Å². The predicted molar refractivity (Wildman–Crippen MR) is 120 cm³/mol. The first-order valence-corrected chi connectivity index (χ1v) is 11.5. The van der Waals surface area contributed by atoms with Crippen LogP contribution in [0.1, 0.15) is 28.8 Å². The molecule has 2 aliphatic rings. The lowest BCUT2D eigenvalue weighted by Gasteiger charge is -2.35. The zero-order valence-electron chi connectivity index (χ0n) is 17.5. The van der Waals surface area contributed by atoms with Gasteiger partial charge >= 0.3 is 0 Å². The summed E-state index contributed by atoms with van der Waals surface area (Å²) in [5.41, 5.74) is 1.26. The standard InChI is InChI=1S/C24H26N4O2S/c25-17-19-7-1-3-9-21(19)31-22-10-4-2-8-20(22)24(30)28-15-13-26(14-16-28)18-23(29)27-11-5-6-12-27/h1-4,7-10H,5-6,11-16,18H2. The molecule has 31 heavy (non-hydrogen) atoms. The summed E-state index contributed by atoms with van der Waals surface area (Å²) in [4.78, 5) is 33.3. The maximum absolute atomic E-state index is 13.3. The number of nitrogens with zero attached hydrogens (tertiary/aromatic N) is 4. The molecular weight excluding hydrogens is 408 g/mol. The van der Waals surface area contributed by atoms with Gasteiger partial charge in [0, 0.05) is 49.1 Å². The monoisotopic (exact) mass is 434 g/mol. The highest BCUT2D eigenvalue weighted by molar-refractivity contribution is 7.99. The van der Waals surface area contributed by atoms with Gasteiger partial charge in [-0.2, -0.15) is 5.26 Å². The maximum atomic E-state index is 13.3. The van der Waals surface area contributed by atoms with E-state index in [-0.39, 0.29) is 11.8 Å². The van der Waals surface area contributed by atoms with Crippen molar-refractivity contribution in [1.82, 2.24) is 14.7 Å². The summed E-state index contributed by atoms with van der Waals surface area (Å²) in [6.07, 6.45) is 2.20. The number of hydrogen-bond acceptors (Lipinski definition) is 5. The van der Waals surface area contributed by atoms with Crippen LogP contribution in [0.4, 0.5) is 0 Å². The molecule has 6 nitrogen and oxygen atoms in total. The van der Waals surface area contributed by atoms with Gasteiger partial charge in [0.2, 0.25) is 5.91 Å². The van der Waals surface area contributed by atoms with Crippen molar-refractivity contribution in [2.24, 2.45) is 0 Å². The Kier molecular flexibility index (Phi) is 6.90. The Morgan fingerprint density at radius 3 is 2.19 bits per heavy atom. The number of carbonyl (C=O) groups is 2. The van der Waals surface area contributed by atoms with E-state index in [9.17, 15) is 14.9 Å². The number of hydrogen-bond donors (Lipinski definition) is 0. The van der Waals surface area contributed by atoms with Crippen molar-refractivity contribution in [3.63, 3.8) is 0 Å². The molecule has 0 atom stereocenters. The van der Waals surface area contributed by atoms with Gasteiger partial charge in [0.15, 0.2) is 0 Å². The third kappa shape index (κ3) is 5.09. The van der Waals surface area contributed by atoms with Crippen LogP contribution in [0.15, 0.2) is 58.3 Å². The number of amides is 2. The van der Waals surface area contributed by atoms with Gasteiger partial charge < -0.3 is 9.80 Å². The first kappa shape index (κ1) is 21.4. The summed E-state index contributed by atoms with van der Waals surface area (Å²) in [5.74, 6) is 0.207. The average Bonchev–Trinajstić information content (AvgIpc) is 3.35. The first-order valence-electron chi connectivity index (χ1n) is 10.7. The van der Waals surface area contributed by atoms with E-state index >= 15 is 0 Å². The number of rotatable bonds is 5. The molecule has 0 N–H and O–H groups in total. The molecule has 0 aliphatic carbocycles. The van der Waals surface area contributed by atoms with Gasteiger partial charge in [0.1, 0.15) is 6.07 Å². The largest absolute Gasteiger partial charge is 0.342 e. The summed E-state index contributed by atoms with van der Waals surface area (Å²) in [5, 5.41) is 9.37. The summed E-state index contributed by atoms with van der Waals surface area (Å²) < 4.78 is 0. The normalized spacial score (nSPS) is 16.9. The predicted octanol–water partition coefficient (Wildman–Crippen LogP) is 3.09. The molecule has 2 amide bonds. The third-order valence-corrected chi connectivity index (χ3v) is 6.97. The van der Waals surface area contributed by atoms with E-state index in [1.807, 2.05) is 52.3 Å². The van der Waals surface area contributed by atoms with Crippen molar-refractivity contribution < 1.29 is 9.59 Å². The minimum atomic E-state index is 0.00283. The van der Waals surface area contributed by atoms with E-state index in [1.54, 1.807) is 6.07 Å². The molecular formula is C24H26N4O2S. The second-order valence-corrected chi connectivity index (χ2v) is 8.95. The van der Waals surface area contributed by atoms with Crippen LogP contribution in [0.5, 0.6) is 0 Å². The van der Waals surface area contributed by atoms with Crippen LogP contribution in [-0.2, 0) is 4.79 Å². The summed E-state index contributed by atoms with van der Waals surface area (Å²) in [6, 6.07) is 17.2. The van der Waals surface area contributed by atoms with Crippen molar-refractivity contribution >= 4 is 23.6 Å². The molecule has 0 aromatic heterocycles. The zero-order chi connectivity index (χ0) is 21.6. The highest BCUT2D eigenvalue weighted by Gasteiger charge is 2.26. The Labute approximate surface area is 187 Å². The SMILES string of the molecule is N#Cc1ccccc1Sc1ccccc1C(=O)N1CCN(CC(=O)N2CCCC2)CC1. The van der Waals surface area contributed by atoms with Gasteiger partial charge in [-0.25, -0.2) is 0 Å². The van der Waals surface area contributed by atoms with Gasteiger partial charge in [-0.05, 0) is 37.1 Å². The van der Waals surface area contributed by atoms with E-state index in [1.165, 1.54) is 11.8 Å². The maximum Gasteiger partial charge on any atom is 0.255 e. The molecule has 0 spiro atoms. The van der Waals surface area contributed by atoms with Crippen molar-refractivity contribution in [1.29, 1.82) is 5.26 Å². The van der Waals surface area contributed by atoms with Crippen LogP contribution in [0.2, 0.25) is 0 Å². The minimum Gasteiger partial charge on any atom is -0.342 e. The molecule has 160 valence electrons. The van der Waals surface area contributed by atoms with Gasteiger partial charge in [-0.15, -0.1) is 0 Å². The lowest BCUT2D eigenvalue weighted by molar-refractivity contribution is -0.131. The fourth-order valence-corrected chi connectivity index (χ4v) is 5.06. The molecule has 2 aromatic rings. The zero-order valence-corrected chi connectivity index (χ0v) is 18.3. The van der Waals surface area contributed by atoms with Gasteiger partial charge in [0.05, 0.1) is 17.7 Å². The fraction of sp³-hybridized carbons (Fsp3) is 0.375. The van der Waals surface area contributed by atoms with E-state index < -0.39 is 0 Å². The third-order valence-electron chi connectivity index (χ3n) is 5.82. The molecule has 4 rings (SSSR count). The molecule has 2 saturated heterocycles. The summed E-state index contributed by atoms with van der Waals surface area (Å²) >= 11 is 1.45. The van der Waals surface area contributed by atoms with E-state index in [0.717, 1.165) is 35.7 Å². The van der Waals surface area contributed by atoms with Crippen molar-refractivity contribution in [2.75, 3.05) is 45.8 Å². The number of likely N-dealkylation sites (tertiary alicyclic amines) is 1. The smallest absolute Gasteiger partial charge is 0.255 e. The Morgan fingerprint density at radius 2 is 1.48 bits per heavy atom. The average molecular weight is 435 g/mol. The Bertz CT molecular complexity index is 989. The number of benzene rings is 2. The molecule has 0 unspecified atom stereocenters. The second kappa shape index (κ2) is 9.99. The van der Waals surface area contributed by atoms with Crippen LogP contribution in [0.3, 0.4) is 0 Å². The molecule has 0 radical (unpaired) electrons. The van der Waals surface area contributed by atoms with Crippen molar-refractivity contribution in [2.45, 2.75) is 22.6 Å². The Balaban J connectivity index is 1.39. The van der Waals surface area contributed by atoms with Crippen LogP contribution >= 0.6 is 11.8 Å². The number of piperazine rings is 1. The fourth-order valence-electron chi connectivity index (χ4n) is 4.04. The summed E-state index contributed by atoms with van der Waals surface area (Å²) in [7, 11) is 0. The Morgan fingerprint density at radius 1 is 0.839 bits per heavy atom. The van der Waals surface area contributed by atoms with Crippen LogP contribution in [0, 0.1) is 11.3 Å². The molecule has 7 heteroatoms. The van der Waals surface area contributed by atoms with Crippen molar-refractivity contribution in [3.8, 4) is 6.07 Å². The van der Waals surface area contributed by atoms with Gasteiger partial charge in [0.25, 0.3) is 5.91 Å². The molecule has 0 saturated carbocycles. The van der Waals surface area contributed by atoms with Crippen LogP contribution in [0.25, 0.3) is 0 Å². The molecule has 2 aliphatic heterocycles. The van der Waals surface area contributed by atoms with E-state index in [2.05, 4.69) is 11.0 Å². The van der Waals surface area contributed by atoms with E-state index in [0.29, 0.717) is 43.9 Å². The molecule has 2 aromatic carbocycles. The lowest BCUT2D eigenvalue weighted by Crippen LogP contribution is -2.51. The highest BCUT2D eigenvalue weighted by atomic mass is 32.2. The number of carbonyl (C=O) groups excluding carboxylic acids is 2. The van der Waals surface area contributed by atoms with E-state index in [4.69, 9.17) is 0 Å². The minimum absolute atomic E-state index is 0.00283. The molecule has 2 fully saturated rings. The second-order valence-electron chi connectivity index (χ2n) is 7.86. The molecule has 0 bridgehead atoms. The van der Waals surface area contributed by atoms with Gasteiger partial charge in [-0.1, -0.05) is 36.0 Å². The topological polar surface area (TPSA) is 67.6 Å². The Hall–Kier alpha value is -2.82.